The number of carbonyl (C=O) groups excluding carboxylic acids is 3. The molecule has 4 rings (SSSR count). The molecule has 0 bridgehead atoms. The molecule has 1 aliphatic heterocycles. The minimum atomic E-state index is -0.875. The van der Waals surface area contributed by atoms with Gasteiger partial charge in [0.05, 0.1) is 22.3 Å². The summed E-state index contributed by atoms with van der Waals surface area (Å²) in [6.45, 7) is 2.30. The van der Waals surface area contributed by atoms with Gasteiger partial charge in [0, 0.05) is 20.9 Å². The molecular formula is C26H18Br2Cl2N2O4. The molecule has 1 N–H and O–H groups in total. The number of halogens is 4. The van der Waals surface area contributed by atoms with Crippen LogP contribution in [-0.4, -0.2) is 24.5 Å². The van der Waals surface area contributed by atoms with E-state index in [2.05, 4.69) is 37.2 Å². The minimum Gasteiger partial charge on any atom is -0.494 e. The highest BCUT2D eigenvalue weighted by Gasteiger charge is 2.37. The second-order valence-electron chi connectivity index (χ2n) is 7.74. The Morgan fingerprint density at radius 3 is 2.42 bits per heavy atom. The number of amides is 4. The zero-order valence-electron chi connectivity index (χ0n) is 18.8. The normalized spacial score (nSPS) is 14.9. The van der Waals surface area contributed by atoms with Crippen LogP contribution in [0.3, 0.4) is 0 Å². The Balaban J connectivity index is 1.73. The summed E-state index contributed by atoms with van der Waals surface area (Å²) in [6, 6.07) is 14.9. The number of ether oxygens (including phenoxy) is 1. The lowest BCUT2D eigenvalue weighted by Crippen LogP contribution is -2.54. The van der Waals surface area contributed by atoms with E-state index in [9.17, 15) is 14.4 Å². The molecule has 0 aliphatic carbocycles. The molecule has 0 unspecified atom stereocenters. The van der Waals surface area contributed by atoms with Crippen molar-refractivity contribution in [3.05, 3.63) is 95.9 Å². The summed E-state index contributed by atoms with van der Waals surface area (Å²) >= 11 is 19.2. The Bertz CT molecular complexity index is 1430. The van der Waals surface area contributed by atoms with Crippen molar-refractivity contribution in [2.75, 3.05) is 11.5 Å². The number of nitrogens with one attached hydrogen (secondary N) is 1. The number of benzene rings is 3. The number of imide groups is 2. The molecule has 0 atom stereocenters. The number of barbiturate groups is 1. The highest BCUT2D eigenvalue weighted by Crippen LogP contribution is 2.34. The molecule has 3 aromatic carbocycles. The molecule has 1 heterocycles. The van der Waals surface area contributed by atoms with Crippen LogP contribution in [0.1, 0.15) is 23.6 Å². The van der Waals surface area contributed by atoms with Gasteiger partial charge in [-0.15, -0.1) is 0 Å². The minimum absolute atomic E-state index is 0.170. The van der Waals surface area contributed by atoms with E-state index in [1.807, 2.05) is 31.2 Å². The maximum atomic E-state index is 13.2. The maximum Gasteiger partial charge on any atom is 0.335 e. The van der Waals surface area contributed by atoms with Crippen molar-refractivity contribution in [3.8, 4) is 5.75 Å². The number of anilines is 1. The summed E-state index contributed by atoms with van der Waals surface area (Å²) in [4.78, 5) is 39.2. The highest BCUT2D eigenvalue weighted by molar-refractivity contribution is 9.10. The van der Waals surface area contributed by atoms with Gasteiger partial charge in [-0.3, -0.25) is 14.9 Å². The Labute approximate surface area is 234 Å². The van der Waals surface area contributed by atoms with Gasteiger partial charge in [-0.05, 0) is 60.5 Å². The SMILES string of the molecule is CCOc1cc(/C=C2\C(=O)NC(=O)N(c3ccc(Cl)c(Cl)c3)C2=O)cc(Br)c1Cc1ccccc1Br. The Hall–Kier alpha value is -2.65. The van der Waals surface area contributed by atoms with Gasteiger partial charge in [0.25, 0.3) is 11.8 Å². The van der Waals surface area contributed by atoms with E-state index >= 15 is 0 Å². The van der Waals surface area contributed by atoms with E-state index in [1.54, 1.807) is 12.1 Å². The number of nitrogens with zero attached hydrogens (tertiary/aromatic N) is 1. The molecule has 184 valence electrons. The van der Waals surface area contributed by atoms with Crippen LogP contribution in [0.4, 0.5) is 10.5 Å². The van der Waals surface area contributed by atoms with E-state index in [4.69, 9.17) is 27.9 Å². The first-order valence-corrected chi connectivity index (χ1v) is 13.1. The average molecular weight is 653 g/mol. The zero-order chi connectivity index (χ0) is 26.0. The van der Waals surface area contributed by atoms with Crippen molar-refractivity contribution in [3.63, 3.8) is 0 Å². The lowest BCUT2D eigenvalue weighted by Gasteiger charge is -2.26. The van der Waals surface area contributed by atoms with E-state index in [-0.39, 0.29) is 21.3 Å². The van der Waals surface area contributed by atoms with Gasteiger partial charge in [-0.25, -0.2) is 9.69 Å². The first kappa shape index (κ1) is 26.4. The van der Waals surface area contributed by atoms with Crippen molar-refractivity contribution < 1.29 is 19.1 Å². The predicted molar refractivity (Wildman–Crippen MR) is 148 cm³/mol. The first-order chi connectivity index (χ1) is 17.2. The molecule has 1 fully saturated rings. The largest absolute Gasteiger partial charge is 0.494 e. The summed E-state index contributed by atoms with van der Waals surface area (Å²) in [6.07, 6.45) is 2.01. The standard InChI is InChI=1S/C26H18Br2Cl2N2O4/c1-2-36-23-11-14(10-20(28)17(23)12-15-5-3-4-6-19(15)27)9-18-24(33)31-26(35)32(25(18)34)16-7-8-21(29)22(30)13-16/h3-11,13H,2,12H2,1H3,(H,31,33,35)/b18-9+. The summed E-state index contributed by atoms with van der Waals surface area (Å²) in [5.74, 6) is -0.975. The third-order valence-corrected chi connectivity index (χ3v) is 7.60. The monoisotopic (exact) mass is 650 g/mol. The summed E-state index contributed by atoms with van der Waals surface area (Å²) in [5, 5.41) is 2.64. The third kappa shape index (κ3) is 5.52. The second-order valence-corrected chi connectivity index (χ2v) is 10.3. The summed E-state index contributed by atoms with van der Waals surface area (Å²) < 4.78 is 7.62. The summed E-state index contributed by atoms with van der Waals surface area (Å²) in [7, 11) is 0. The molecular weight excluding hydrogens is 635 g/mol. The Morgan fingerprint density at radius 2 is 1.72 bits per heavy atom. The third-order valence-electron chi connectivity index (χ3n) is 5.38. The molecule has 0 aromatic heterocycles. The van der Waals surface area contributed by atoms with Gasteiger partial charge in [0.15, 0.2) is 0 Å². The first-order valence-electron chi connectivity index (χ1n) is 10.7. The predicted octanol–water partition coefficient (Wildman–Crippen LogP) is 7.17. The lowest BCUT2D eigenvalue weighted by molar-refractivity contribution is -0.122. The number of hydrogen-bond acceptors (Lipinski definition) is 4. The smallest absolute Gasteiger partial charge is 0.335 e. The molecule has 0 saturated carbocycles. The fourth-order valence-corrected chi connectivity index (χ4v) is 5.00. The average Bonchev–Trinajstić information content (AvgIpc) is 2.82. The fourth-order valence-electron chi connectivity index (χ4n) is 3.69. The van der Waals surface area contributed by atoms with Crippen LogP contribution in [0.5, 0.6) is 5.75 Å². The molecule has 3 aromatic rings. The van der Waals surface area contributed by atoms with Crippen molar-refractivity contribution in [1.29, 1.82) is 0 Å². The number of urea groups is 1. The molecule has 10 heteroatoms. The van der Waals surface area contributed by atoms with Crippen LogP contribution in [0.25, 0.3) is 6.08 Å². The molecule has 4 amide bonds. The van der Waals surface area contributed by atoms with Crippen molar-refractivity contribution in [2.45, 2.75) is 13.3 Å². The van der Waals surface area contributed by atoms with Crippen LogP contribution in [0.15, 0.2) is 69.1 Å². The van der Waals surface area contributed by atoms with Gasteiger partial charge >= 0.3 is 6.03 Å². The quantitative estimate of drug-likeness (QED) is 0.226. The second kappa shape index (κ2) is 11.2. The number of hydrogen-bond donors (Lipinski definition) is 1. The number of rotatable bonds is 6. The zero-order valence-corrected chi connectivity index (χ0v) is 23.5. The number of carbonyl (C=O) groups is 3. The van der Waals surface area contributed by atoms with Crippen molar-refractivity contribution >= 4 is 84.7 Å². The van der Waals surface area contributed by atoms with Crippen molar-refractivity contribution in [1.82, 2.24) is 5.32 Å². The van der Waals surface area contributed by atoms with Crippen LogP contribution in [-0.2, 0) is 16.0 Å². The molecule has 36 heavy (non-hydrogen) atoms. The van der Waals surface area contributed by atoms with Gasteiger partial charge < -0.3 is 4.74 Å². The van der Waals surface area contributed by atoms with E-state index in [1.165, 1.54) is 24.3 Å². The lowest BCUT2D eigenvalue weighted by atomic mass is 10.0. The highest BCUT2D eigenvalue weighted by atomic mass is 79.9. The summed E-state index contributed by atoms with van der Waals surface area (Å²) in [5.41, 5.74) is 2.50. The van der Waals surface area contributed by atoms with E-state index < -0.39 is 17.8 Å². The van der Waals surface area contributed by atoms with Gasteiger partial charge in [-0.1, -0.05) is 73.3 Å². The fraction of sp³-hybridized carbons (Fsp3) is 0.115. The molecule has 0 radical (unpaired) electrons. The molecule has 1 aliphatic rings. The molecule has 1 saturated heterocycles. The van der Waals surface area contributed by atoms with Gasteiger partial charge in [0.1, 0.15) is 11.3 Å². The van der Waals surface area contributed by atoms with Crippen LogP contribution in [0, 0.1) is 0 Å². The van der Waals surface area contributed by atoms with Gasteiger partial charge in [-0.2, -0.15) is 0 Å². The molecule has 6 nitrogen and oxygen atoms in total. The molecule has 0 spiro atoms. The Kier molecular flexibility index (Phi) is 8.20. The van der Waals surface area contributed by atoms with Crippen LogP contribution < -0.4 is 15.0 Å². The van der Waals surface area contributed by atoms with E-state index in [0.717, 1.165) is 25.0 Å². The van der Waals surface area contributed by atoms with Crippen LogP contribution in [0.2, 0.25) is 10.0 Å². The van der Waals surface area contributed by atoms with Gasteiger partial charge in [0.2, 0.25) is 0 Å². The van der Waals surface area contributed by atoms with Crippen molar-refractivity contribution in [2.24, 2.45) is 0 Å². The maximum absolute atomic E-state index is 13.2. The topological polar surface area (TPSA) is 75.7 Å². The Morgan fingerprint density at radius 1 is 0.972 bits per heavy atom. The van der Waals surface area contributed by atoms with E-state index in [0.29, 0.717) is 24.3 Å². The van der Waals surface area contributed by atoms with Crippen LogP contribution >= 0.6 is 55.1 Å².